The number of fused-ring (bicyclic) bond motifs is 4. The van der Waals surface area contributed by atoms with Crippen LogP contribution in [0.3, 0.4) is 0 Å². The van der Waals surface area contributed by atoms with Crippen LogP contribution < -0.4 is 0 Å². The molecule has 0 bridgehead atoms. The average Bonchev–Trinajstić information content (AvgIpc) is 3.20. The molecule has 5 heteroatoms. The Hall–Kier alpha value is -2.82. The number of hydrogen-bond acceptors (Lipinski definition) is 3. The minimum atomic E-state index is -0.939. The number of carbonyl (C=O) groups excluding carboxylic acids is 1. The lowest BCUT2D eigenvalue weighted by atomic mass is 9.98. The van der Waals surface area contributed by atoms with Gasteiger partial charge in [-0.05, 0) is 41.0 Å². The summed E-state index contributed by atoms with van der Waals surface area (Å²) in [6, 6.07) is 15.6. The summed E-state index contributed by atoms with van der Waals surface area (Å²) < 4.78 is 5.62. The predicted octanol–water partition coefficient (Wildman–Crippen LogP) is 3.48. The lowest BCUT2D eigenvalue weighted by molar-refractivity contribution is -0.142. The summed E-state index contributed by atoms with van der Waals surface area (Å²) in [6.07, 6.45) is 0.947. The molecule has 0 aromatic heterocycles. The van der Waals surface area contributed by atoms with Crippen LogP contribution in [-0.4, -0.2) is 40.8 Å². The van der Waals surface area contributed by atoms with Crippen LogP contribution in [0.1, 0.15) is 29.9 Å². The van der Waals surface area contributed by atoms with E-state index in [0.717, 1.165) is 17.5 Å². The molecular formula is C21H19NO4. The largest absolute Gasteiger partial charge is 0.480 e. The van der Waals surface area contributed by atoms with Crippen molar-refractivity contribution in [3.05, 3.63) is 59.7 Å². The molecule has 2 aliphatic carbocycles. The smallest absolute Gasteiger partial charge is 0.410 e. The molecule has 0 radical (unpaired) electrons. The topological polar surface area (TPSA) is 66.8 Å². The van der Waals surface area contributed by atoms with Crippen LogP contribution in [0.2, 0.25) is 0 Å². The Balaban J connectivity index is 1.37. The lowest BCUT2D eigenvalue weighted by Gasteiger charge is -2.24. The van der Waals surface area contributed by atoms with Gasteiger partial charge in [-0.1, -0.05) is 48.5 Å². The summed E-state index contributed by atoms with van der Waals surface area (Å²) >= 11 is 0. The summed E-state index contributed by atoms with van der Waals surface area (Å²) in [5, 5.41) is 9.36. The molecule has 26 heavy (non-hydrogen) atoms. The summed E-state index contributed by atoms with van der Waals surface area (Å²) in [4.78, 5) is 25.5. The molecule has 2 aromatic carbocycles. The second-order valence-corrected chi connectivity index (χ2v) is 7.36. The van der Waals surface area contributed by atoms with E-state index >= 15 is 0 Å². The minimum Gasteiger partial charge on any atom is -0.480 e. The fourth-order valence-corrected chi connectivity index (χ4v) is 4.61. The third kappa shape index (κ3) is 2.23. The molecule has 1 saturated heterocycles. The van der Waals surface area contributed by atoms with Crippen molar-refractivity contribution >= 4 is 12.1 Å². The third-order valence-electron chi connectivity index (χ3n) is 5.94. The third-order valence-corrected chi connectivity index (χ3v) is 5.94. The van der Waals surface area contributed by atoms with Crippen molar-refractivity contribution in [3.8, 4) is 11.1 Å². The van der Waals surface area contributed by atoms with Gasteiger partial charge in [0.1, 0.15) is 12.6 Å². The number of carbonyl (C=O) groups is 2. The van der Waals surface area contributed by atoms with E-state index in [2.05, 4.69) is 24.3 Å². The minimum absolute atomic E-state index is 0.00719. The van der Waals surface area contributed by atoms with Gasteiger partial charge < -0.3 is 9.84 Å². The van der Waals surface area contributed by atoms with Crippen LogP contribution in [0.15, 0.2) is 48.5 Å². The van der Waals surface area contributed by atoms with Crippen LogP contribution in [0.4, 0.5) is 4.79 Å². The standard InChI is InChI=1S/C21H19NO4/c23-20(24)19-10-12-9-18(12)22(19)21(25)26-11-17-15-7-3-1-5-13(15)14-6-2-4-8-16(14)17/h1-8,12,17-19H,9-11H2,(H,23,24). The van der Waals surface area contributed by atoms with Gasteiger partial charge in [-0.15, -0.1) is 0 Å². The van der Waals surface area contributed by atoms with Crippen molar-refractivity contribution in [2.24, 2.45) is 5.92 Å². The van der Waals surface area contributed by atoms with Gasteiger partial charge in [0.05, 0.1) is 0 Å². The molecule has 5 rings (SSSR count). The van der Waals surface area contributed by atoms with Crippen molar-refractivity contribution in [2.45, 2.75) is 30.8 Å². The number of nitrogens with zero attached hydrogens (tertiary/aromatic N) is 1. The van der Waals surface area contributed by atoms with Gasteiger partial charge in [-0.25, -0.2) is 9.59 Å². The molecule has 132 valence electrons. The monoisotopic (exact) mass is 349 g/mol. The normalized spacial score (nSPS) is 25.4. The number of benzene rings is 2. The van der Waals surface area contributed by atoms with E-state index in [-0.39, 0.29) is 18.6 Å². The molecule has 1 N–H and O–H groups in total. The fourth-order valence-electron chi connectivity index (χ4n) is 4.61. The van der Waals surface area contributed by atoms with Crippen molar-refractivity contribution < 1.29 is 19.4 Å². The molecule has 2 aromatic rings. The van der Waals surface area contributed by atoms with E-state index in [4.69, 9.17) is 4.74 Å². The molecule has 0 spiro atoms. The molecule has 3 unspecified atom stereocenters. The summed E-state index contributed by atoms with van der Waals surface area (Å²) in [7, 11) is 0. The molecule has 1 saturated carbocycles. The van der Waals surface area contributed by atoms with Crippen LogP contribution in [0, 0.1) is 5.92 Å². The number of aliphatic carboxylic acids is 1. The van der Waals surface area contributed by atoms with E-state index in [1.807, 2.05) is 24.3 Å². The first-order chi connectivity index (χ1) is 12.6. The number of carboxylic acids is 1. The molecule has 1 heterocycles. The number of amides is 1. The van der Waals surface area contributed by atoms with E-state index in [1.54, 1.807) is 0 Å². The highest BCUT2D eigenvalue weighted by atomic mass is 16.6. The van der Waals surface area contributed by atoms with Crippen molar-refractivity contribution in [1.82, 2.24) is 4.90 Å². The lowest BCUT2D eigenvalue weighted by Crippen LogP contribution is -2.43. The van der Waals surface area contributed by atoms with E-state index in [0.29, 0.717) is 12.3 Å². The second kappa shape index (κ2) is 5.59. The fraction of sp³-hybridized carbons (Fsp3) is 0.333. The molecule has 5 nitrogen and oxygen atoms in total. The van der Waals surface area contributed by atoms with Gasteiger partial charge >= 0.3 is 12.1 Å². The predicted molar refractivity (Wildman–Crippen MR) is 94.8 cm³/mol. The van der Waals surface area contributed by atoms with Gasteiger partial charge in [0.2, 0.25) is 0 Å². The Morgan fingerprint density at radius 1 is 1.00 bits per heavy atom. The zero-order chi connectivity index (χ0) is 17.8. The molecule has 1 amide bonds. The Labute approximate surface area is 151 Å². The van der Waals surface area contributed by atoms with E-state index < -0.39 is 18.1 Å². The first-order valence-corrected chi connectivity index (χ1v) is 9.01. The molecule has 3 aliphatic rings. The van der Waals surface area contributed by atoms with E-state index in [9.17, 15) is 14.7 Å². The highest BCUT2D eigenvalue weighted by molar-refractivity contribution is 5.82. The Morgan fingerprint density at radius 3 is 2.23 bits per heavy atom. The highest BCUT2D eigenvalue weighted by Crippen LogP contribution is 2.48. The van der Waals surface area contributed by atoms with Gasteiger partial charge in [-0.3, -0.25) is 4.90 Å². The average molecular weight is 349 g/mol. The van der Waals surface area contributed by atoms with Gasteiger partial charge in [0.15, 0.2) is 0 Å². The Kier molecular flexibility index (Phi) is 3.32. The van der Waals surface area contributed by atoms with Crippen LogP contribution >= 0.6 is 0 Å². The van der Waals surface area contributed by atoms with Crippen molar-refractivity contribution in [3.63, 3.8) is 0 Å². The molecule has 2 fully saturated rings. The van der Waals surface area contributed by atoms with Gasteiger partial charge in [0, 0.05) is 12.0 Å². The van der Waals surface area contributed by atoms with Crippen LogP contribution in [-0.2, 0) is 9.53 Å². The number of likely N-dealkylation sites (tertiary alicyclic amines) is 1. The Bertz CT molecular complexity index is 863. The van der Waals surface area contributed by atoms with Gasteiger partial charge in [-0.2, -0.15) is 0 Å². The second-order valence-electron chi connectivity index (χ2n) is 7.36. The summed E-state index contributed by atoms with van der Waals surface area (Å²) in [6.45, 7) is 0.229. The maximum Gasteiger partial charge on any atom is 0.410 e. The summed E-state index contributed by atoms with van der Waals surface area (Å²) in [5.41, 5.74) is 4.66. The number of ether oxygens (including phenoxy) is 1. The number of rotatable bonds is 3. The number of piperidine rings is 1. The number of hydrogen-bond donors (Lipinski definition) is 1. The van der Waals surface area contributed by atoms with E-state index in [1.165, 1.54) is 16.0 Å². The van der Waals surface area contributed by atoms with Crippen molar-refractivity contribution in [1.29, 1.82) is 0 Å². The molecular weight excluding hydrogens is 330 g/mol. The maximum absolute atomic E-state index is 12.6. The first kappa shape index (κ1) is 15.4. The SMILES string of the molecule is O=C(O)C1CC2CC2N1C(=O)OCC1c2ccccc2-c2ccccc21. The highest BCUT2D eigenvalue weighted by Gasteiger charge is 2.57. The quantitative estimate of drug-likeness (QED) is 0.921. The van der Waals surface area contributed by atoms with Crippen LogP contribution in [0.5, 0.6) is 0 Å². The number of carboxylic acid groups (broad SMARTS) is 1. The molecule has 3 atom stereocenters. The Morgan fingerprint density at radius 2 is 1.62 bits per heavy atom. The maximum atomic E-state index is 12.6. The zero-order valence-electron chi connectivity index (χ0n) is 14.2. The zero-order valence-corrected chi connectivity index (χ0v) is 14.2. The van der Waals surface area contributed by atoms with Crippen molar-refractivity contribution in [2.75, 3.05) is 6.61 Å². The first-order valence-electron chi connectivity index (χ1n) is 9.01. The van der Waals surface area contributed by atoms with Crippen LogP contribution in [0.25, 0.3) is 11.1 Å². The summed E-state index contributed by atoms with van der Waals surface area (Å²) in [5.74, 6) is -0.616. The molecule has 1 aliphatic heterocycles. The van der Waals surface area contributed by atoms with Gasteiger partial charge in [0.25, 0.3) is 0 Å².